The van der Waals surface area contributed by atoms with E-state index in [4.69, 9.17) is 5.26 Å². The molecule has 3 heteroatoms. The molecule has 0 saturated carbocycles. The Morgan fingerprint density at radius 3 is 2.63 bits per heavy atom. The first-order valence-electron chi connectivity index (χ1n) is 6.48. The molecule has 1 heterocycles. The lowest BCUT2D eigenvalue weighted by Crippen LogP contribution is -2.13. The topological polar surface area (TPSA) is 48.7 Å². The fourth-order valence-corrected chi connectivity index (χ4v) is 1.88. The molecule has 0 atom stereocenters. The second-order valence-electron chi connectivity index (χ2n) is 4.45. The van der Waals surface area contributed by atoms with Crippen molar-refractivity contribution in [1.82, 2.24) is 10.3 Å². The second-order valence-corrected chi connectivity index (χ2v) is 4.45. The van der Waals surface area contributed by atoms with Crippen LogP contribution >= 0.6 is 0 Å². The van der Waals surface area contributed by atoms with Crippen LogP contribution in [0.4, 0.5) is 0 Å². The van der Waals surface area contributed by atoms with E-state index in [2.05, 4.69) is 47.6 Å². The van der Waals surface area contributed by atoms with Crippen molar-refractivity contribution in [2.45, 2.75) is 19.9 Å². The Labute approximate surface area is 113 Å². The highest BCUT2D eigenvalue weighted by molar-refractivity contribution is 5.64. The van der Waals surface area contributed by atoms with E-state index in [1.54, 1.807) is 12.4 Å². The van der Waals surface area contributed by atoms with Crippen LogP contribution in [0.3, 0.4) is 0 Å². The van der Waals surface area contributed by atoms with E-state index < -0.39 is 0 Å². The minimum atomic E-state index is 0.589. The van der Waals surface area contributed by atoms with Crippen LogP contribution in [-0.4, -0.2) is 11.5 Å². The Morgan fingerprint density at radius 2 is 1.95 bits per heavy atom. The third kappa shape index (κ3) is 3.64. The van der Waals surface area contributed by atoms with Gasteiger partial charge in [0, 0.05) is 24.5 Å². The number of aromatic nitrogens is 1. The number of nitrogens with one attached hydrogen (secondary N) is 1. The van der Waals surface area contributed by atoms with Crippen molar-refractivity contribution in [2.75, 3.05) is 6.54 Å². The van der Waals surface area contributed by atoms with Gasteiger partial charge in [-0.25, -0.2) is 0 Å². The third-order valence-electron chi connectivity index (χ3n) is 2.91. The number of nitrogens with zero attached hydrogens (tertiary/aromatic N) is 2. The molecule has 3 nitrogen and oxygen atoms in total. The van der Waals surface area contributed by atoms with Crippen LogP contribution in [0.5, 0.6) is 0 Å². The van der Waals surface area contributed by atoms with Crippen molar-refractivity contribution in [3.63, 3.8) is 0 Å². The Bertz CT molecular complexity index is 567. The maximum atomic E-state index is 8.88. The van der Waals surface area contributed by atoms with E-state index in [0.717, 1.165) is 30.6 Å². The maximum Gasteiger partial charge on any atom is 0.101 e. The number of hydrogen-bond acceptors (Lipinski definition) is 3. The van der Waals surface area contributed by atoms with Crippen molar-refractivity contribution in [1.29, 1.82) is 5.26 Å². The predicted molar refractivity (Wildman–Crippen MR) is 76.4 cm³/mol. The molecule has 0 aliphatic carbocycles. The zero-order valence-electron chi connectivity index (χ0n) is 11.1. The molecule has 19 heavy (non-hydrogen) atoms. The van der Waals surface area contributed by atoms with Gasteiger partial charge in [0.25, 0.3) is 0 Å². The van der Waals surface area contributed by atoms with Gasteiger partial charge < -0.3 is 5.32 Å². The largest absolute Gasteiger partial charge is 0.313 e. The number of benzene rings is 1. The predicted octanol–water partition coefficient (Wildman–Crippen LogP) is 3.12. The van der Waals surface area contributed by atoms with Crippen molar-refractivity contribution >= 4 is 0 Å². The van der Waals surface area contributed by atoms with Crippen LogP contribution in [0.2, 0.25) is 0 Å². The molecule has 0 bridgehead atoms. The highest BCUT2D eigenvalue weighted by Crippen LogP contribution is 2.19. The number of pyridine rings is 1. The van der Waals surface area contributed by atoms with Gasteiger partial charge in [-0.05, 0) is 30.2 Å². The fourth-order valence-electron chi connectivity index (χ4n) is 1.88. The molecule has 0 saturated heterocycles. The summed E-state index contributed by atoms with van der Waals surface area (Å²) in [4.78, 5) is 4.08. The van der Waals surface area contributed by atoms with E-state index in [-0.39, 0.29) is 0 Å². The lowest BCUT2D eigenvalue weighted by Gasteiger charge is -2.05. The molecule has 1 aromatic heterocycles. The molecular formula is C16H17N3. The molecule has 1 aromatic carbocycles. The summed E-state index contributed by atoms with van der Waals surface area (Å²) in [6.45, 7) is 4.09. The molecule has 0 radical (unpaired) electrons. The standard InChI is InChI=1S/C16H17N3/c1-2-7-18-10-13-3-5-15(6-4-13)16-8-14(9-17)11-19-12-16/h3-6,8,11-12,18H,2,7,10H2,1H3. The van der Waals surface area contributed by atoms with Gasteiger partial charge in [-0.3, -0.25) is 4.98 Å². The van der Waals surface area contributed by atoms with Gasteiger partial charge >= 0.3 is 0 Å². The van der Waals surface area contributed by atoms with E-state index >= 15 is 0 Å². The van der Waals surface area contributed by atoms with Gasteiger partial charge in [0.1, 0.15) is 6.07 Å². The molecule has 0 spiro atoms. The lowest BCUT2D eigenvalue weighted by atomic mass is 10.0. The van der Waals surface area contributed by atoms with Crippen molar-refractivity contribution < 1.29 is 0 Å². The van der Waals surface area contributed by atoms with E-state index in [0.29, 0.717) is 5.56 Å². The number of nitriles is 1. The highest BCUT2D eigenvalue weighted by Gasteiger charge is 2.00. The molecule has 0 fully saturated rings. The average Bonchev–Trinajstić information content (AvgIpc) is 2.48. The van der Waals surface area contributed by atoms with Crippen LogP contribution < -0.4 is 5.32 Å². The first-order chi connectivity index (χ1) is 9.33. The summed E-state index contributed by atoms with van der Waals surface area (Å²) in [5.74, 6) is 0. The Kier molecular flexibility index (Phi) is 4.66. The fraction of sp³-hybridized carbons (Fsp3) is 0.250. The minimum absolute atomic E-state index is 0.589. The molecule has 2 aromatic rings. The highest BCUT2D eigenvalue weighted by atomic mass is 14.8. The second kappa shape index (κ2) is 6.67. The summed E-state index contributed by atoms with van der Waals surface area (Å²) in [5, 5.41) is 12.2. The maximum absolute atomic E-state index is 8.88. The Hall–Kier alpha value is -2.18. The third-order valence-corrected chi connectivity index (χ3v) is 2.91. The van der Waals surface area contributed by atoms with Crippen LogP contribution in [0.25, 0.3) is 11.1 Å². The average molecular weight is 251 g/mol. The van der Waals surface area contributed by atoms with Crippen LogP contribution in [-0.2, 0) is 6.54 Å². The summed E-state index contributed by atoms with van der Waals surface area (Å²) in [7, 11) is 0. The molecule has 96 valence electrons. The minimum Gasteiger partial charge on any atom is -0.313 e. The van der Waals surface area contributed by atoms with E-state index in [1.807, 2.05) is 6.07 Å². The molecule has 0 amide bonds. The normalized spacial score (nSPS) is 10.1. The van der Waals surface area contributed by atoms with Gasteiger partial charge in [-0.15, -0.1) is 0 Å². The zero-order chi connectivity index (χ0) is 13.5. The summed E-state index contributed by atoms with van der Waals surface area (Å²) in [5.41, 5.74) is 3.92. The van der Waals surface area contributed by atoms with Crippen LogP contribution in [0.15, 0.2) is 42.7 Å². The van der Waals surface area contributed by atoms with Crippen LogP contribution in [0.1, 0.15) is 24.5 Å². The molecule has 0 aliphatic rings. The van der Waals surface area contributed by atoms with Gasteiger partial charge in [0.15, 0.2) is 0 Å². The van der Waals surface area contributed by atoms with Crippen molar-refractivity contribution in [3.8, 4) is 17.2 Å². The molecule has 1 N–H and O–H groups in total. The summed E-state index contributed by atoms with van der Waals surface area (Å²) >= 11 is 0. The molecule has 0 unspecified atom stereocenters. The lowest BCUT2D eigenvalue weighted by molar-refractivity contribution is 0.675. The first kappa shape index (κ1) is 13.3. The Balaban J connectivity index is 2.11. The molecule has 2 rings (SSSR count). The van der Waals surface area contributed by atoms with E-state index in [1.165, 1.54) is 5.56 Å². The van der Waals surface area contributed by atoms with Crippen molar-refractivity contribution in [3.05, 3.63) is 53.9 Å². The zero-order valence-corrected chi connectivity index (χ0v) is 11.1. The number of rotatable bonds is 5. The van der Waals surface area contributed by atoms with Gasteiger partial charge in [0.2, 0.25) is 0 Å². The summed E-state index contributed by atoms with van der Waals surface area (Å²) in [6, 6.07) is 12.3. The van der Waals surface area contributed by atoms with Crippen molar-refractivity contribution in [2.24, 2.45) is 0 Å². The quantitative estimate of drug-likeness (QED) is 0.831. The smallest absolute Gasteiger partial charge is 0.101 e. The van der Waals surface area contributed by atoms with Crippen LogP contribution in [0, 0.1) is 11.3 Å². The molecule has 0 aliphatic heterocycles. The van der Waals surface area contributed by atoms with E-state index in [9.17, 15) is 0 Å². The monoisotopic (exact) mass is 251 g/mol. The van der Waals surface area contributed by atoms with Gasteiger partial charge in [0.05, 0.1) is 5.56 Å². The first-order valence-corrected chi connectivity index (χ1v) is 6.48. The summed E-state index contributed by atoms with van der Waals surface area (Å²) < 4.78 is 0. The Morgan fingerprint density at radius 1 is 1.16 bits per heavy atom. The van der Waals surface area contributed by atoms with Gasteiger partial charge in [-0.2, -0.15) is 5.26 Å². The number of hydrogen-bond donors (Lipinski definition) is 1. The SMILES string of the molecule is CCCNCc1ccc(-c2cncc(C#N)c2)cc1. The molecular weight excluding hydrogens is 234 g/mol. The summed E-state index contributed by atoms with van der Waals surface area (Å²) in [6.07, 6.45) is 4.50. The van der Waals surface area contributed by atoms with Gasteiger partial charge in [-0.1, -0.05) is 31.2 Å².